The molecular formula is C13H18BrN3. The first-order chi connectivity index (χ1) is 8.18. The van der Waals surface area contributed by atoms with Crippen LogP contribution in [0.1, 0.15) is 37.8 Å². The van der Waals surface area contributed by atoms with Crippen LogP contribution in [-0.2, 0) is 6.54 Å². The van der Waals surface area contributed by atoms with Crippen molar-refractivity contribution in [2.24, 2.45) is 11.8 Å². The summed E-state index contributed by atoms with van der Waals surface area (Å²) >= 11 is 3.66. The molecule has 3 aliphatic carbocycles. The number of nitrogens with zero attached hydrogens (tertiary/aromatic N) is 2. The van der Waals surface area contributed by atoms with Crippen LogP contribution in [0.4, 0.5) is 5.95 Å². The number of imidazole rings is 1. The molecule has 1 N–H and O–H groups in total. The van der Waals surface area contributed by atoms with Crippen molar-refractivity contribution in [1.82, 2.24) is 9.55 Å². The van der Waals surface area contributed by atoms with Crippen molar-refractivity contribution in [1.29, 1.82) is 0 Å². The molecule has 1 atom stereocenters. The van der Waals surface area contributed by atoms with E-state index in [-0.39, 0.29) is 0 Å². The molecule has 1 aromatic heterocycles. The number of aryl methyl sites for hydroxylation is 1. The molecule has 1 spiro atoms. The number of anilines is 1. The fourth-order valence-electron chi connectivity index (χ4n) is 4.29. The molecule has 92 valence electrons. The highest BCUT2D eigenvalue weighted by Gasteiger charge is 2.51. The van der Waals surface area contributed by atoms with Gasteiger partial charge in [0.15, 0.2) is 0 Å². The lowest BCUT2D eigenvalue weighted by Gasteiger charge is -2.49. The molecule has 2 bridgehead atoms. The van der Waals surface area contributed by atoms with Crippen LogP contribution in [0, 0.1) is 18.8 Å². The van der Waals surface area contributed by atoms with Crippen molar-refractivity contribution < 1.29 is 0 Å². The molecule has 2 heterocycles. The van der Waals surface area contributed by atoms with E-state index in [9.17, 15) is 0 Å². The van der Waals surface area contributed by atoms with Gasteiger partial charge in [-0.2, -0.15) is 0 Å². The minimum Gasteiger partial charge on any atom is -0.348 e. The lowest BCUT2D eigenvalue weighted by Crippen LogP contribution is -2.52. The molecule has 4 heteroatoms. The van der Waals surface area contributed by atoms with Crippen molar-refractivity contribution in [2.45, 2.75) is 51.1 Å². The van der Waals surface area contributed by atoms with Gasteiger partial charge in [0.25, 0.3) is 0 Å². The van der Waals surface area contributed by atoms with Crippen molar-refractivity contribution >= 4 is 21.9 Å². The van der Waals surface area contributed by atoms with Crippen molar-refractivity contribution in [3.63, 3.8) is 0 Å². The third-order valence-corrected chi connectivity index (χ3v) is 6.15. The smallest absolute Gasteiger partial charge is 0.204 e. The quantitative estimate of drug-likeness (QED) is 0.796. The van der Waals surface area contributed by atoms with E-state index in [0.29, 0.717) is 5.54 Å². The average molecular weight is 296 g/mol. The zero-order chi connectivity index (χ0) is 11.6. The van der Waals surface area contributed by atoms with E-state index in [1.165, 1.54) is 36.7 Å². The van der Waals surface area contributed by atoms with E-state index in [0.717, 1.165) is 30.0 Å². The number of hydrogen-bond acceptors (Lipinski definition) is 2. The summed E-state index contributed by atoms with van der Waals surface area (Å²) in [6, 6.07) is 0. The van der Waals surface area contributed by atoms with Gasteiger partial charge in [-0.05, 0) is 54.0 Å². The Balaban J connectivity index is 1.71. The number of rotatable bonds is 0. The molecule has 5 rings (SSSR count). The van der Waals surface area contributed by atoms with Gasteiger partial charge in [0.1, 0.15) is 4.60 Å². The van der Waals surface area contributed by atoms with Gasteiger partial charge in [0.2, 0.25) is 5.95 Å². The number of halogens is 1. The first kappa shape index (κ1) is 10.4. The number of fused-ring (bicyclic) bond motifs is 3. The predicted octanol–water partition coefficient (Wildman–Crippen LogP) is 3.33. The van der Waals surface area contributed by atoms with Crippen LogP contribution in [0.2, 0.25) is 0 Å². The second-order valence-corrected chi connectivity index (χ2v) is 6.85. The van der Waals surface area contributed by atoms with E-state index >= 15 is 0 Å². The van der Waals surface area contributed by atoms with Crippen LogP contribution in [-0.4, -0.2) is 15.1 Å². The summed E-state index contributed by atoms with van der Waals surface area (Å²) in [5.74, 6) is 2.90. The molecule has 1 aromatic rings. The molecule has 1 aliphatic heterocycles. The maximum Gasteiger partial charge on any atom is 0.204 e. The molecule has 3 nitrogen and oxygen atoms in total. The third kappa shape index (κ3) is 1.30. The molecular weight excluding hydrogens is 278 g/mol. The highest BCUT2D eigenvalue weighted by molar-refractivity contribution is 9.10. The van der Waals surface area contributed by atoms with E-state index in [1.807, 2.05) is 0 Å². The van der Waals surface area contributed by atoms with Crippen LogP contribution < -0.4 is 5.32 Å². The van der Waals surface area contributed by atoms with E-state index < -0.39 is 0 Å². The highest BCUT2D eigenvalue weighted by Crippen LogP contribution is 2.52. The van der Waals surface area contributed by atoms with Crippen LogP contribution in [0.3, 0.4) is 0 Å². The van der Waals surface area contributed by atoms with Gasteiger partial charge in [-0.1, -0.05) is 12.8 Å². The highest BCUT2D eigenvalue weighted by atomic mass is 79.9. The summed E-state index contributed by atoms with van der Waals surface area (Å²) in [5, 5.41) is 3.76. The Kier molecular flexibility index (Phi) is 2.01. The van der Waals surface area contributed by atoms with Crippen molar-refractivity contribution in [3.05, 3.63) is 10.3 Å². The van der Waals surface area contributed by atoms with E-state index in [4.69, 9.17) is 0 Å². The van der Waals surface area contributed by atoms with Gasteiger partial charge in [-0.25, -0.2) is 4.98 Å². The summed E-state index contributed by atoms with van der Waals surface area (Å²) in [6.45, 7) is 3.18. The van der Waals surface area contributed by atoms with Gasteiger partial charge in [0.05, 0.1) is 11.2 Å². The lowest BCUT2D eigenvalue weighted by molar-refractivity contribution is 0.0813. The summed E-state index contributed by atoms with van der Waals surface area (Å²) in [6.07, 6.45) is 7.10. The Labute approximate surface area is 110 Å². The van der Waals surface area contributed by atoms with Crippen LogP contribution in [0.15, 0.2) is 4.60 Å². The molecule has 17 heavy (non-hydrogen) atoms. The summed E-state index contributed by atoms with van der Waals surface area (Å²) in [7, 11) is 0. The SMILES string of the molecule is Cc1nc2n(c1Br)CC1(CC3CCC1CC3)N2. The first-order valence-electron chi connectivity index (χ1n) is 6.69. The first-order valence-corrected chi connectivity index (χ1v) is 7.48. The normalized spacial score (nSPS) is 38.5. The Morgan fingerprint density at radius 1 is 1.35 bits per heavy atom. The average Bonchev–Trinajstić information content (AvgIpc) is 2.79. The monoisotopic (exact) mass is 295 g/mol. The molecule has 0 radical (unpaired) electrons. The van der Waals surface area contributed by atoms with Crippen LogP contribution >= 0.6 is 15.9 Å². The van der Waals surface area contributed by atoms with Crippen molar-refractivity contribution in [3.8, 4) is 0 Å². The molecule has 0 amide bonds. The Morgan fingerprint density at radius 3 is 2.71 bits per heavy atom. The van der Waals surface area contributed by atoms with Crippen LogP contribution in [0.5, 0.6) is 0 Å². The summed E-state index contributed by atoms with van der Waals surface area (Å²) in [5.41, 5.74) is 1.43. The Bertz CT molecular complexity index is 473. The summed E-state index contributed by atoms with van der Waals surface area (Å²) in [4.78, 5) is 4.63. The topological polar surface area (TPSA) is 29.9 Å². The predicted molar refractivity (Wildman–Crippen MR) is 71.1 cm³/mol. The molecule has 3 saturated carbocycles. The fourth-order valence-corrected chi connectivity index (χ4v) is 4.67. The minimum absolute atomic E-state index is 0.333. The second-order valence-electron chi connectivity index (χ2n) is 6.10. The van der Waals surface area contributed by atoms with Gasteiger partial charge < -0.3 is 9.88 Å². The zero-order valence-electron chi connectivity index (χ0n) is 10.2. The van der Waals surface area contributed by atoms with Gasteiger partial charge >= 0.3 is 0 Å². The third-order valence-electron chi connectivity index (χ3n) is 5.15. The van der Waals surface area contributed by atoms with Gasteiger partial charge in [-0.3, -0.25) is 0 Å². The number of hydrogen-bond donors (Lipinski definition) is 1. The second kappa shape index (κ2) is 3.28. The maximum atomic E-state index is 4.63. The Morgan fingerprint density at radius 2 is 2.12 bits per heavy atom. The zero-order valence-corrected chi connectivity index (χ0v) is 11.8. The van der Waals surface area contributed by atoms with Gasteiger partial charge in [-0.15, -0.1) is 0 Å². The lowest BCUT2D eigenvalue weighted by atomic mass is 9.60. The standard InChI is InChI=1S/C13H18BrN3/c1-8-11(14)17-7-13(16-12(17)15-8)6-9-2-4-10(13)5-3-9/h9-10H,2-7H2,1H3,(H,15,16). The van der Waals surface area contributed by atoms with E-state index in [1.54, 1.807) is 0 Å². The fraction of sp³-hybridized carbons (Fsp3) is 0.769. The van der Waals surface area contributed by atoms with Crippen LogP contribution in [0.25, 0.3) is 0 Å². The molecule has 4 aliphatic rings. The number of aromatic nitrogens is 2. The van der Waals surface area contributed by atoms with Crippen molar-refractivity contribution in [2.75, 3.05) is 5.32 Å². The number of nitrogens with one attached hydrogen (secondary N) is 1. The molecule has 0 saturated heterocycles. The largest absolute Gasteiger partial charge is 0.348 e. The van der Waals surface area contributed by atoms with E-state index in [2.05, 4.69) is 37.7 Å². The Hall–Kier alpha value is -0.510. The molecule has 0 aromatic carbocycles. The molecule has 3 fully saturated rings. The molecule has 1 unspecified atom stereocenters. The van der Waals surface area contributed by atoms with Gasteiger partial charge in [0, 0.05) is 6.54 Å². The maximum absolute atomic E-state index is 4.63. The minimum atomic E-state index is 0.333. The summed E-state index contributed by atoms with van der Waals surface area (Å²) < 4.78 is 3.49.